The average molecular weight is 354 g/mol. The molecule has 0 radical (unpaired) electrons. The zero-order valence-corrected chi connectivity index (χ0v) is 15.7. The molecule has 2 aromatic heterocycles. The summed E-state index contributed by atoms with van der Waals surface area (Å²) in [6, 6.07) is 8.29. The quantitative estimate of drug-likeness (QED) is 0.728. The Hall–Kier alpha value is -2.47. The Bertz CT molecular complexity index is 877. The molecule has 0 bridgehead atoms. The van der Waals surface area contributed by atoms with Crippen LogP contribution in [-0.4, -0.2) is 20.4 Å². The summed E-state index contributed by atoms with van der Waals surface area (Å²) >= 11 is 1.54. The van der Waals surface area contributed by atoms with Crippen molar-refractivity contribution in [3.05, 3.63) is 47.2 Å². The highest BCUT2D eigenvalue weighted by molar-refractivity contribution is 7.12. The lowest BCUT2D eigenvalue weighted by Gasteiger charge is -2.09. The van der Waals surface area contributed by atoms with Crippen LogP contribution < -0.4 is 5.32 Å². The highest BCUT2D eigenvalue weighted by Gasteiger charge is 2.15. The molecular weight excluding hydrogens is 332 g/mol. The summed E-state index contributed by atoms with van der Waals surface area (Å²) in [4.78, 5) is 21.2. The molecule has 2 heterocycles. The van der Waals surface area contributed by atoms with E-state index in [1.54, 1.807) is 6.20 Å². The zero-order valence-electron chi connectivity index (χ0n) is 14.9. The number of imidazole rings is 1. The largest absolute Gasteiger partial charge is 0.310 e. The number of aryl methyl sites for hydroxylation is 2. The molecule has 3 rings (SSSR count). The van der Waals surface area contributed by atoms with Crippen molar-refractivity contribution in [1.29, 1.82) is 0 Å². The van der Waals surface area contributed by atoms with Crippen molar-refractivity contribution < 1.29 is 4.79 Å². The first-order valence-corrected chi connectivity index (χ1v) is 9.19. The number of carbonyl (C=O) groups excluding carboxylic acids is 1. The number of amides is 1. The molecule has 25 heavy (non-hydrogen) atoms. The second-order valence-corrected chi connectivity index (χ2v) is 7.39. The summed E-state index contributed by atoms with van der Waals surface area (Å²) in [6.07, 6.45) is 2.16. The molecule has 6 heteroatoms. The van der Waals surface area contributed by atoms with Gasteiger partial charge >= 0.3 is 0 Å². The van der Waals surface area contributed by atoms with Gasteiger partial charge in [0, 0.05) is 17.4 Å². The number of hydrogen-bond donors (Lipinski definition) is 1. The number of anilines is 1. The molecule has 0 saturated carbocycles. The summed E-state index contributed by atoms with van der Waals surface area (Å²) < 4.78 is 1.89. The van der Waals surface area contributed by atoms with E-state index in [1.165, 1.54) is 16.9 Å². The molecule has 3 aromatic rings. The molecule has 0 unspecified atom stereocenters. The van der Waals surface area contributed by atoms with Crippen molar-refractivity contribution in [2.75, 3.05) is 5.32 Å². The fourth-order valence-electron chi connectivity index (χ4n) is 2.56. The maximum absolute atomic E-state index is 12.1. The number of thiazole rings is 1. The van der Waals surface area contributed by atoms with Crippen LogP contribution in [0.1, 0.15) is 31.7 Å². The van der Waals surface area contributed by atoms with Gasteiger partial charge in [-0.15, -0.1) is 11.3 Å². The lowest BCUT2D eigenvalue weighted by atomic mass is 10.1. The Labute approximate surface area is 151 Å². The van der Waals surface area contributed by atoms with Crippen LogP contribution in [0.25, 0.3) is 16.4 Å². The Morgan fingerprint density at radius 3 is 2.64 bits per heavy atom. The molecule has 0 spiro atoms. The lowest BCUT2D eigenvalue weighted by Crippen LogP contribution is -2.16. The average Bonchev–Trinajstić information content (AvgIpc) is 3.14. The van der Waals surface area contributed by atoms with Gasteiger partial charge in [0.25, 0.3) is 0 Å². The molecule has 0 atom stereocenters. The Kier molecular flexibility index (Phi) is 4.99. The van der Waals surface area contributed by atoms with Crippen molar-refractivity contribution in [2.24, 2.45) is 5.92 Å². The monoisotopic (exact) mass is 354 g/mol. The zero-order chi connectivity index (χ0) is 18.0. The maximum atomic E-state index is 12.1. The van der Waals surface area contributed by atoms with Crippen LogP contribution >= 0.6 is 11.3 Å². The number of nitrogens with zero attached hydrogens (tertiary/aromatic N) is 3. The van der Waals surface area contributed by atoms with Gasteiger partial charge in [-0.05, 0) is 19.8 Å². The van der Waals surface area contributed by atoms with E-state index in [1.807, 2.05) is 30.7 Å². The molecule has 1 amide bonds. The third-order valence-electron chi connectivity index (χ3n) is 3.83. The molecular formula is C19H22N4OS. The van der Waals surface area contributed by atoms with Gasteiger partial charge in [0.05, 0.1) is 11.9 Å². The fourth-order valence-corrected chi connectivity index (χ4v) is 3.46. The molecule has 0 saturated heterocycles. The molecule has 1 aromatic carbocycles. The summed E-state index contributed by atoms with van der Waals surface area (Å²) in [5.41, 5.74) is 3.23. The van der Waals surface area contributed by atoms with Gasteiger partial charge in [0.15, 0.2) is 5.13 Å². The summed E-state index contributed by atoms with van der Waals surface area (Å²) in [5.74, 6) is 1.76. The second kappa shape index (κ2) is 7.19. The van der Waals surface area contributed by atoms with Crippen molar-refractivity contribution in [2.45, 2.75) is 34.1 Å². The number of nitrogens with one attached hydrogen (secondary N) is 1. The van der Waals surface area contributed by atoms with Crippen LogP contribution in [0.4, 0.5) is 5.82 Å². The number of rotatable bonds is 5. The van der Waals surface area contributed by atoms with E-state index < -0.39 is 0 Å². The molecule has 1 N–H and O–H groups in total. The Morgan fingerprint density at radius 2 is 1.96 bits per heavy atom. The topological polar surface area (TPSA) is 59.8 Å². The van der Waals surface area contributed by atoms with Gasteiger partial charge in [-0.3, -0.25) is 9.36 Å². The van der Waals surface area contributed by atoms with E-state index in [4.69, 9.17) is 4.98 Å². The summed E-state index contributed by atoms with van der Waals surface area (Å²) in [5, 5.41) is 5.77. The predicted molar refractivity (Wildman–Crippen MR) is 102 cm³/mol. The maximum Gasteiger partial charge on any atom is 0.225 e. The first-order chi connectivity index (χ1) is 11.9. The lowest BCUT2D eigenvalue weighted by molar-refractivity contribution is -0.116. The number of hydrogen-bond acceptors (Lipinski definition) is 4. The van der Waals surface area contributed by atoms with Gasteiger partial charge < -0.3 is 5.32 Å². The summed E-state index contributed by atoms with van der Waals surface area (Å²) in [7, 11) is 0. The predicted octanol–water partition coefficient (Wildman–Crippen LogP) is 4.60. The first kappa shape index (κ1) is 17.4. The van der Waals surface area contributed by atoms with Crippen LogP contribution in [0.2, 0.25) is 0 Å². The van der Waals surface area contributed by atoms with Crippen LogP contribution in [0.3, 0.4) is 0 Å². The smallest absolute Gasteiger partial charge is 0.225 e. The summed E-state index contributed by atoms with van der Waals surface area (Å²) in [6.45, 7) is 8.02. The van der Waals surface area contributed by atoms with E-state index in [0.29, 0.717) is 18.2 Å². The molecule has 0 aliphatic carbocycles. The third kappa shape index (κ3) is 3.96. The van der Waals surface area contributed by atoms with Crippen LogP contribution in [0.15, 0.2) is 35.8 Å². The minimum atomic E-state index is -0.00790. The second-order valence-electron chi connectivity index (χ2n) is 6.55. The van der Waals surface area contributed by atoms with Gasteiger partial charge in [-0.2, -0.15) is 0 Å². The Balaban J connectivity index is 1.88. The van der Waals surface area contributed by atoms with E-state index in [0.717, 1.165) is 22.2 Å². The standard InChI is InChI=1S/C19H22N4OS/c1-12(2)9-18(24)22-17-10-20-14(4)23(17)19-21-16(11-25-19)15-7-5-13(3)6-8-15/h5-8,10-12H,9H2,1-4H3,(H,22,24). The number of aromatic nitrogens is 3. The van der Waals surface area contributed by atoms with Gasteiger partial charge in [-0.25, -0.2) is 9.97 Å². The SMILES string of the molecule is Cc1ccc(-c2csc(-n3c(NC(=O)CC(C)C)cnc3C)n2)cc1. The number of carbonyl (C=O) groups is 1. The third-order valence-corrected chi connectivity index (χ3v) is 4.66. The van der Waals surface area contributed by atoms with Crippen molar-refractivity contribution in [3.8, 4) is 16.4 Å². The Morgan fingerprint density at radius 1 is 1.24 bits per heavy atom. The number of benzene rings is 1. The van der Waals surface area contributed by atoms with Crippen molar-refractivity contribution >= 4 is 23.1 Å². The molecule has 0 aliphatic rings. The minimum absolute atomic E-state index is 0.00790. The minimum Gasteiger partial charge on any atom is -0.310 e. The molecule has 0 fully saturated rings. The van der Waals surface area contributed by atoms with Crippen molar-refractivity contribution in [3.63, 3.8) is 0 Å². The van der Waals surface area contributed by atoms with Crippen LogP contribution in [-0.2, 0) is 4.79 Å². The molecule has 130 valence electrons. The van der Waals surface area contributed by atoms with Gasteiger partial charge in [0.1, 0.15) is 11.6 Å². The normalized spacial score (nSPS) is 11.1. The molecule has 5 nitrogen and oxygen atoms in total. The highest BCUT2D eigenvalue weighted by atomic mass is 32.1. The van der Waals surface area contributed by atoms with Gasteiger partial charge in [0.2, 0.25) is 5.91 Å². The van der Waals surface area contributed by atoms with Crippen LogP contribution in [0, 0.1) is 19.8 Å². The van der Waals surface area contributed by atoms with E-state index in [-0.39, 0.29) is 5.91 Å². The highest BCUT2D eigenvalue weighted by Crippen LogP contribution is 2.27. The first-order valence-electron chi connectivity index (χ1n) is 8.31. The van der Waals surface area contributed by atoms with E-state index in [9.17, 15) is 4.79 Å². The van der Waals surface area contributed by atoms with Gasteiger partial charge in [-0.1, -0.05) is 43.7 Å². The fraction of sp³-hybridized carbons (Fsp3) is 0.316. The van der Waals surface area contributed by atoms with Crippen LogP contribution in [0.5, 0.6) is 0 Å². The van der Waals surface area contributed by atoms with Crippen molar-refractivity contribution in [1.82, 2.24) is 14.5 Å². The van der Waals surface area contributed by atoms with E-state index in [2.05, 4.69) is 41.5 Å². The van der Waals surface area contributed by atoms with E-state index >= 15 is 0 Å². The molecule has 0 aliphatic heterocycles.